The van der Waals surface area contributed by atoms with Crippen LogP contribution in [0.15, 0.2) is 18.2 Å². The second-order valence-corrected chi connectivity index (χ2v) is 6.39. The Morgan fingerprint density at radius 3 is 2.71 bits per heavy atom. The number of likely N-dealkylation sites (tertiary alicyclic amines) is 1. The largest absolute Gasteiger partial charge is 0.457 e. The molecule has 2 saturated heterocycles. The number of hydrogen-bond donors (Lipinski definition) is 1. The van der Waals surface area contributed by atoms with E-state index in [0.717, 1.165) is 18.7 Å². The molecule has 21 heavy (non-hydrogen) atoms. The van der Waals surface area contributed by atoms with Gasteiger partial charge in [-0.2, -0.15) is 0 Å². The summed E-state index contributed by atoms with van der Waals surface area (Å²) in [6.45, 7) is 7.07. The molecule has 2 heterocycles. The van der Waals surface area contributed by atoms with Crippen LogP contribution in [0.2, 0.25) is 0 Å². The summed E-state index contributed by atoms with van der Waals surface area (Å²) in [5.74, 6) is 0.0482. The van der Waals surface area contributed by atoms with E-state index in [1.165, 1.54) is 6.92 Å². The van der Waals surface area contributed by atoms with Crippen molar-refractivity contribution in [2.45, 2.75) is 31.9 Å². The molecule has 0 atom stereocenters. The molecular weight excluding hydrogens is 271 g/mol. The summed E-state index contributed by atoms with van der Waals surface area (Å²) < 4.78 is 19.4. The number of esters is 1. The minimum atomic E-state index is -0.417. The molecule has 114 valence electrons. The Bertz CT molecular complexity index is 551. The lowest BCUT2D eigenvalue weighted by Crippen LogP contribution is -2.61. The summed E-state index contributed by atoms with van der Waals surface area (Å²) in [5.41, 5.74) is 1.36. The monoisotopic (exact) mass is 292 g/mol. The van der Waals surface area contributed by atoms with Gasteiger partial charge < -0.3 is 10.1 Å². The number of carbonyl (C=O) groups excluding carboxylic acids is 1. The fraction of sp³-hybridized carbons (Fsp3) is 0.562. The first-order valence-electron chi connectivity index (χ1n) is 7.36. The lowest BCUT2D eigenvalue weighted by atomic mass is 9.92. The van der Waals surface area contributed by atoms with Crippen LogP contribution in [0.1, 0.15) is 30.9 Å². The van der Waals surface area contributed by atoms with E-state index in [1.807, 2.05) is 19.1 Å². The van der Waals surface area contributed by atoms with Gasteiger partial charge in [0.1, 0.15) is 11.4 Å². The van der Waals surface area contributed by atoms with Crippen molar-refractivity contribution < 1.29 is 13.9 Å². The molecule has 0 spiro atoms. The third-order valence-electron chi connectivity index (χ3n) is 4.23. The Hall–Kier alpha value is -1.46. The summed E-state index contributed by atoms with van der Waals surface area (Å²) in [4.78, 5) is 13.1. The maximum absolute atomic E-state index is 14.2. The molecule has 1 N–H and O–H groups in total. The van der Waals surface area contributed by atoms with Gasteiger partial charge in [0.05, 0.1) is 0 Å². The number of ether oxygens (including phenoxy) is 1. The molecule has 1 aromatic rings. The molecule has 2 fully saturated rings. The minimum absolute atomic E-state index is 0.138. The first-order valence-corrected chi connectivity index (χ1v) is 7.36. The van der Waals surface area contributed by atoms with Gasteiger partial charge in [0.15, 0.2) is 0 Å². The van der Waals surface area contributed by atoms with E-state index in [1.54, 1.807) is 6.07 Å². The van der Waals surface area contributed by atoms with E-state index in [0.29, 0.717) is 31.1 Å². The number of hydrogen-bond acceptors (Lipinski definition) is 4. The zero-order valence-corrected chi connectivity index (χ0v) is 12.5. The van der Waals surface area contributed by atoms with Gasteiger partial charge in [-0.3, -0.25) is 9.69 Å². The van der Waals surface area contributed by atoms with Crippen LogP contribution in [0.25, 0.3) is 0 Å². The Balaban J connectivity index is 1.58. The van der Waals surface area contributed by atoms with Gasteiger partial charge in [-0.15, -0.1) is 0 Å². The topological polar surface area (TPSA) is 41.6 Å². The molecule has 2 aliphatic rings. The highest BCUT2D eigenvalue weighted by atomic mass is 19.1. The molecule has 0 bridgehead atoms. The number of nitrogens with zero attached hydrogens (tertiary/aromatic N) is 1. The van der Waals surface area contributed by atoms with Crippen molar-refractivity contribution in [1.82, 2.24) is 10.2 Å². The van der Waals surface area contributed by atoms with Crippen molar-refractivity contribution in [3.05, 3.63) is 35.1 Å². The fourth-order valence-electron chi connectivity index (χ4n) is 3.13. The molecule has 3 rings (SSSR count). The van der Waals surface area contributed by atoms with E-state index in [4.69, 9.17) is 4.74 Å². The number of nitrogens with one attached hydrogen (secondary N) is 1. The zero-order chi connectivity index (χ0) is 15.0. The molecule has 4 nitrogen and oxygen atoms in total. The van der Waals surface area contributed by atoms with Gasteiger partial charge >= 0.3 is 5.97 Å². The zero-order valence-electron chi connectivity index (χ0n) is 12.5. The smallest absolute Gasteiger partial charge is 0.303 e. The van der Waals surface area contributed by atoms with Crippen LogP contribution < -0.4 is 5.32 Å². The van der Waals surface area contributed by atoms with Crippen LogP contribution >= 0.6 is 0 Å². The van der Waals surface area contributed by atoms with Crippen molar-refractivity contribution in [3.63, 3.8) is 0 Å². The molecule has 0 radical (unpaired) electrons. The highest BCUT2D eigenvalue weighted by molar-refractivity contribution is 5.66. The van der Waals surface area contributed by atoms with Crippen LogP contribution in [0.3, 0.4) is 0 Å². The van der Waals surface area contributed by atoms with Crippen molar-refractivity contribution in [2.75, 3.05) is 26.2 Å². The van der Waals surface area contributed by atoms with E-state index in [9.17, 15) is 9.18 Å². The molecule has 0 aliphatic carbocycles. The first-order chi connectivity index (χ1) is 9.95. The van der Waals surface area contributed by atoms with Crippen LogP contribution in [0, 0.1) is 5.82 Å². The maximum atomic E-state index is 14.2. The summed E-state index contributed by atoms with van der Waals surface area (Å²) in [5, 5.41) is 3.20. The van der Waals surface area contributed by atoms with E-state index in [-0.39, 0.29) is 11.8 Å². The van der Waals surface area contributed by atoms with E-state index >= 15 is 0 Å². The summed E-state index contributed by atoms with van der Waals surface area (Å²) >= 11 is 0. The van der Waals surface area contributed by atoms with Crippen molar-refractivity contribution in [2.24, 2.45) is 0 Å². The number of halogens is 1. The predicted octanol–water partition coefficient (Wildman–Crippen LogP) is 1.65. The number of rotatable bonds is 4. The standard InChI is InChI=1S/C16H21FN2O2/c1-11(20)21-16(2)9-19(10-16)8-13-4-3-12(5-15(13)17)14-6-18-7-14/h3-5,14,18H,6-10H2,1-2H3. The number of carbonyl (C=O) groups is 1. The molecule has 2 aliphatic heterocycles. The van der Waals surface area contributed by atoms with Crippen molar-refractivity contribution in [1.29, 1.82) is 0 Å². The maximum Gasteiger partial charge on any atom is 0.303 e. The average Bonchev–Trinajstić information content (AvgIpc) is 2.27. The van der Waals surface area contributed by atoms with E-state index < -0.39 is 5.60 Å². The van der Waals surface area contributed by atoms with Gasteiger partial charge in [0, 0.05) is 51.1 Å². The Kier molecular flexibility index (Phi) is 3.71. The van der Waals surface area contributed by atoms with Gasteiger partial charge in [0.2, 0.25) is 0 Å². The summed E-state index contributed by atoms with van der Waals surface area (Å²) in [7, 11) is 0. The van der Waals surface area contributed by atoms with Crippen LogP contribution in [-0.4, -0.2) is 42.6 Å². The number of benzene rings is 1. The fourth-order valence-corrected chi connectivity index (χ4v) is 3.13. The predicted molar refractivity (Wildman–Crippen MR) is 77.5 cm³/mol. The Morgan fingerprint density at radius 1 is 1.48 bits per heavy atom. The molecule has 1 aromatic carbocycles. The average molecular weight is 292 g/mol. The van der Waals surface area contributed by atoms with Crippen LogP contribution in [-0.2, 0) is 16.1 Å². The van der Waals surface area contributed by atoms with Gasteiger partial charge in [-0.25, -0.2) is 4.39 Å². The van der Waals surface area contributed by atoms with Gasteiger partial charge in [-0.05, 0) is 18.6 Å². The quantitative estimate of drug-likeness (QED) is 0.857. The highest BCUT2D eigenvalue weighted by Gasteiger charge is 2.41. The highest BCUT2D eigenvalue weighted by Crippen LogP contribution is 2.28. The molecule has 0 amide bonds. The van der Waals surface area contributed by atoms with Crippen molar-refractivity contribution in [3.8, 4) is 0 Å². The van der Waals surface area contributed by atoms with Crippen LogP contribution in [0.5, 0.6) is 0 Å². The van der Waals surface area contributed by atoms with Gasteiger partial charge in [0.25, 0.3) is 0 Å². The molecular formula is C16H21FN2O2. The SMILES string of the molecule is CC(=O)OC1(C)CN(Cc2ccc(C3CNC3)cc2F)C1. The Labute approximate surface area is 124 Å². The third-order valence-corrected chi connectivity index (χ3v) is 4.23. The van der Waals surface area contributed by atoms with Gasteiger partial charge in [-0.1, -0.05) is 12.1 Å². The molecule has 5 heteroatoms. The third kappa shape index (κ3) is 3.09. The first kappa shape index (κ1) is 14.5. The Morgan fingerprint density at radius 2 is 2.19 bits per heavy atom. The second kappa shape index (κ2) is 5.39. The van der Waals surface area contributed by atoms with Crippen molar-refractivity contribution >= 4 is 5.97 Å². The lowest BCUT2D eigenvalue weighted by Gasteiger charge is -2.46. The lowest BCUT2D eigenvalue weighted by molar-refractivity contribution is -0.174. The van der Waals surface area contributed by atoms with Crippen LogP contribution in [0.4, 0.5) is 4.39 Å². The normalized spacial score (nSPS) is 21.5. The molecule has 0 aromatic heterocycles. The molecule has 0 unspecified atom stereocenters. The van der Waals surface area contributed by atoms with E-state index in [2.05, 4.69) is 10.2 Å². The molecule has 0 saturated carbocycles. The summed E-state index contributed by atoms with van der Waals surface area (Å²) in [6, 6.07) is 5.56. The second-order valence-electron chi connectivity index (χ2n) is 6.39. The summed E-state index contributed by atoms with van der Waals surface area (Å²) in [6.07, 6.45) is 0. The minimum Gasteiger partial charge on any atom is -0.457 e.